The molecule has 0 saturated carbocycles. The predicted molar refractivity (Wildman–Crippen MR) is 58.7 cm³/mol. The summed E-state index contributed by atoms with van der Waals surface area (Å²) in [5, 5.41) is 3.65. The van der Waals surface area contributed by atoms with Gasteiger partial charge in [0.1, 0.15) is 5.52 Å². The lowest BCUT2D eigenvalue weighted by atomic mass is 10.1. The van der Waals surface area contributed by atoms with E-state index in [0.717, 1.165) is 22.2 Å². The number of para-hydroxylation sites is 1. The molecule has 2 heterocycles. The smallest absolute Gasteiger partial charge is 0.230 e. The Morgan fingerprint density at radius 3 is 2.88 bits per heavy atom. The Hall–Kier alpha value is -2.30. The number of fused-ring (bicyclic) bond motifs is 1. The van der Waals surface area contributed by atoms with Crippen molar-refractivity contribution < 1.29 is 8.94 Å². The van der Waals surface area contributed by atoms with E-state index < -0.39 is 0 Å². The molecule has 2 N–H and O–H groups in total. The maximum Gasteiger partial charge on any atom is 0.230 e. The second-order valence-electron chi connectivity index (χ2n) is 3.49. The molecule has 0 atom stereocenters. The van der Waals surface area contributed by atoms with E-state index in [-0.39, 0.29) is 5.88 Å². The average Bonchev–Trinajstić information content (AvgIpc) is 2.82. The highest BCUT2D eigenvalue weighted by atomic mass is 16.5. The van der Waals surface area contributed by atoms with Crippen molar-refractivity contribution >= 4 is 17.0 Å². The van der Waals surface area contributed by atoms with Crippen LogP contribution in [-0.4, -0.2) is 10.1 Å². The molecule has 0 aliphatic heterocycles. The van der Waals surface area contributed by atoms with Gasteiger partial charge in [-0.3, -0.25) is 0 Å². The van der Waals surface area contributed by atoms with Crippen molar-refractivity contribution in [2.75, 3.05) is 5.73 Å². The second kappa shape index (κ2) is 3.10. The van der Waals surface area contributed by atoms with Crippen molar-refractivity contribution in [2.24, 2.45) is 0 Å². The van der Waals surface area contributed by atoms with E-state index in [4.69, 9.17) is 14.7 Å². The highest BCUT2D eigenvalue weighted by molar-refractivity contribution is 5.93. The van der Waals surface area contributed by atoms with Gasteiger partial charge in [0.2, 0.25) is 5.88 Å². The fourth-order valence-corrected chi connectivity index (χ4v) is 1.73. The van der Waals surface area contributed by atoms with Gasteiger partial charge in [0, 0.05) is 12.5 Å². The number of anilines is 1. The number of aromatic nitrogens is 2. The average molecular weight is 215 g/mol. The molecule has 16 heavy (non-hydrogen) atoms. The number of nitrogens with zero attached hydrogens (tertiary/aromatic N) is 2. The number of oxazole rings is 1. The summed E-state index contributed by atoms with van der Waals surface area (Å²) in [4.78, 5) is 4.32. The first-order chi connectivity index (χ1) is 7.75. The summed E-state index contributed by atoms with van der Waals surface area (Å²) in [5.74, 6) is 0.908. The van der Waals surface area contributed by atoms with Gasteiger partial charge in [-0.1, -0.05) is 17.3 Å². The molecule has 0 amide bonds. The van der Waals surface area contributed by atoms with Gasteiger partial charge in [-0.2, -0.15) is 0 Å². The van der Waals surface area contributed by atoms with Crippen molar-refractivity contribution in [1.82, 2.24) is 10.1 Å². The summed E-state index contributed by atoms with van der Waals surface area (Å²) < 4.78 is 10.3. The number of hydrogen-bond acceptors (Lipinski definition) is 5. The highest BCUT2D eigenvalue weighted by Crippen LogP contribution is 2.31. The zero-order chi connectivity index (χ0) is 11.1. The molecule has 5 nitrogen and oxygen atoms in total. The predicted octanol–water partition coefficient (Wildman–Crippen LogP) is 2.37. The van der Waals surface area contributed by atoms with Crippen molar-refractivity contribution in [2.45, 2.75) is 6.92 Å². The summed E-state index contributed by atoms with van der Waals surface area (Å²) in [5.41, 5.74) is 8.79. The molecule has 0 fully saturated rings. The van der Waals surface area contributed by atoms with Crippen molar-refractivity contribution in [3.63, 3.8) is 0 Å². The van der Waals surface area contributed by atoms with E-state index in [2.05, 4.69) is 10.1 Å². The molecule has 0 aliphatic carbocycles. The Morgan fingerprint density at radius 1 is 1.25 bits per heavy atom. The van der Waals surface area contributed by atoms with Crippen molar-refractivity contribution in [3.05, 3.63) is 30.3 Å². The number of aryl methyl sites for hydroxylation is 1. The molecule has 3 rings (SSSR count). The van der Waals surface area contributed by atoms with Crippen molar-refractivity contribution in [1.29, 1.82) is 0 Å². The lowest BCUT2D eigenvalue weighted by molar-refractivity contribution is 0.436. The normalized spacial score (nSPS) is 11.1. The van der Waals surface area contributed by atoms with E-state index in [0.29, 0.717) is 5.89 Å². The standard InChI is InChI=1S/C11H9N3O2/c1-6-14-10-7(3-2-4-9(10)15-6)8-5-13-16-11(8)12/h2-5H,12H2,1H3. The van der Waals surface area contributed by atoms with Crippen LogP contribution in [-0.2, 0) is 0 Å². The fraction of sp³-hybridized carbons (Fsp3) is 0.0909. The maximum atomic E-state index is 5.68. The van der Waals surface area contributed by atoms with E-state index in [1.807, 2.05) is 18.2 Å². The second-order valence-corrected chi connectivity index (χ2v) is 3.49. The molecule has 5 heteroatoms. The molecule has 0 aliphatic rings. The third-order valence-electron chi connectivity index (χ3n) is 2.41. The van der Waals surface area contributed by atoms with Crippen LogP contribution in [0.3, 0.4) is 0 Å². The maximum absolute atomic E-state index is 5.68. The van der Waals surface area contributed by atoms with Crippen molar-refractivity contribution in [3.8, 4) is 11.1 Å². The summed E-state index contributed by atoms with van der Waals surface area (Å²) in [6, 6.07) is 5.66. The Morgan fingerprint density at radius 2 is 2.12 bits per heavy atom. The molecule has 0 spiro atoms. The van der Waals surface area contributed by atoms with Gasteiger partial charge in [0.05, 0.1) is 11.8 Å². The highest BCUT2D eigenvalue weighted by Gasteiger charge is 2.13. The van der Waals surface area contributed by atoms with E-state index in [1.54, 1.807) is 13.1 Å². The van der Waals surface area contributed by atoms with Gasteiger partial charge in [0.25, 0.3) is 0 Å². The van der Waals surface area contributed by atoms with E-state index in [1.165, 1.54) is 0 Å². The monoisotopic (exact) mass is 215 g/mol. The van der Waals surface area contributed by atoms with Gasteiger partial charge in [-0.05, 0) is 6.07 Å². The van der Waals surface area contributed by atoms with Crippen LogP contribution in [0.15, 0.2) is 33.3 Å². The molecule has 0 radical (unpaired) electrons. The van der Waals surface area contributed by atoms with Gasteiger partial charge in [0.15, 0.2) is 11.5 Å². The van der Waals surface area contributed by atoms with Crippen LogP contribution in [0.5, 0.6) is 0 Å². The number of nitrogen functional groups attached to an aromatic ring is 1. The molecule has 0 unspecified atom stereocenters. The van der Waals surface area contributed by atoms with Gasteiger partial charge in [-0.15, -0.1) is 0 Å². The lowest BCUT2D eigenvalue weighted by Crippen LogP contribution is -1.85. The quantitative estimate of drug-likeness (QED) is 0.674. The van der Waals surface area contributed by atoms with Crippen LogP contribution < -0.4 is 5.73 Å². The Kier molecular flexibility index (Phi) is 1.73. The SMILES string of the molecule is Cc1nc2c(-c3cnoc3N)cccc2o1. The number of hydrogen-bond donors (Lipinski definition) is 1. The van der Waals surface area contributed by atoms with Gasteiger partial charge < -0.3 is 14.7 Å². The minimum Gasteiger partial charge on any atom is -0.441 e. The first-order valence-corrected chi connectivity index (χ1v) is 4.82. The van der Waals surface area contributed by atoms with Gasteiger partial charge in [-0.25, -0.2) is 4.98 Å². The first kappa shape index (κ1) is 8.96. The number of benzene rings is 1. The largest absolute Gasteiger partial charge is 0.441 e. The molecule has 0 saturated heterocycles. The summed E-state index contributed by atoms with van der Waals surface area (Å²) in [6.45, 7) is 1.81. The minimum atomic E-state index is 0.285. The number of rotatable bonds is 1. The third-order valence-corrected chi connectivity index (χ3v) is 2.41. The molecule has 0 bridgehead atoms. The summed E-state index contributed by atoms with van der Waals surface area (Å²) >= 11 is 0. The van der Waals surface area contributed by atoms with Crippen LogP contribution in [0.4, 0.5) is 5.88 Å². The van der Waals surface area contributed by atoms with Crippen LogP contribution in [0.1, 0.15) is 5.89 Å². The molecular weight excluding hydrogens is 206 g/mol. The fourth-order valence-electron chi connectivity index (χ4n) is 1.73. The Labute approximate surface area is 90.9 Å². The van der Waals surface area contributed by atoms with E-state index >= 15 is 0 Å². The Balaban J connectivity index is 2.35. The Bertz CT molecular complexity index is 654. The molecule has 80 valence electrons. The van der Waals surface area contributed by atoms with Crippen LogP contribution in [0.2, 0.25) is 0 Å². The zero-order valence-electron chi connectivity index (χ0n) is 8.60. The number of nitrogens with two attached hydrogens (primary N) is 1. The molecule has 3 aromatic rings. The zero-order valence-corrected chi connectivity index (χ0v) is 8.60. The molecule has 1 aromatic carbocycles. The van der Waals surface area contributed by atoms with E-state index in [9.17, 15) is 0 Å². The first-order valence-electron chi connectivity index (χ1n) is 4.82. The molecular formula is C11H9N3O2. The topological polar surface area (TPSA) is 78.1 Å². The van der Waals surface area contributed by atoms with Crippen LogP contribution >= 0.6 is 0 Å². The molecule has 2 aromatic heterocycles. The van der Waals surface area contributed by atoms with Gasteiger partial charge >= 0.3 is 0 Å². The summed E-state index contributed by atoms with van der Waals surface area (Å²) in [6.07, 6.45) is 1.58. The van der Waals surface area contributed by atoms with Crippen LogP contribution in [0, 0.1) is 6.92 Å². The third kappa shape index (κ3) is 1.18. The minimum absolute atomic E-state index is 0.285. The summed E-state index contributed by atoms with van der Waals surface area (Å²) in [7, 11) is 0. The van der Waals surface area contributed by atoms with Crippen LogP contribution in [0.25, 0.3) is 22.2 Å². The lowest BCUT2D eigenvalue weighted by Gasteiger charge is -1.97.